The molecular weight excluding hydrogens is 356 g/mol. The van der Waals surface area contributed by atoms with E-state index >= 15 is 0 Å². The third-order valence-electron chi connectivity index (χ3n) is 4.74. The molecule has 0 atom stereocenters. The van der Waals surface area contributed by atoms with Crippen LogP contribution >= 0.6 is 0 Å². The van der Waals surface area contributed by atoms with Gasteiger partial charge in [0.25, 0.3) is 5.91 Å². The standard InChI is InChI=1S/C21H24N4O3/c1-3-15-9-11-16(12-10-15)20(27)23-22-19(26)13-14-25-18-8-6-5-7-17(18)24(4-2)21(25)28/h5-12H,3-4,13-14H2,1-2H3,(H,22,26)(H,23,27). The van der Waals surface area contributed by atoms with Crippen LogP contribution in [0.15, 0.2) is 53.3 Å². The van der Waals surface area contributed by atoms with Crippen LogP contribution in [-0.2, 0) is 24.3 Å². The van der Waals surface area contributed by atoms with E-state index in [4.69, 9.17) is 0 Å². The molecule has 3 rings (SSSR count). The fraction of sp³-hybridized carbons (Fsp3) is 0.286. The topological polar surface area (TPSA) is 85.1 Å². The summed E-state index contributed by atoms with van der Waals surface area (Å²) >= 11 is 0. The number of carbonyl (C=O) groups excluding carboxylic acids is 2. The quantitative estimate of drug-likeness (QED) is 0.643. The van der Waals surface area contributed by atoms with Gasteiger partial charge in [0.1, 0.15) is 0 Å². The summed E-state index contributed by atoms with van der Waals surface area (Å²) in [7, 11) is 0. The average molecular weight is 380 g/mol. The first-order valence-corrected chi connectivity index (χ1v) is 9.41. The lowest BCUT2D eigenvalue weighted by Gasteiger charge is -2.08. The zero-order valence-electron chi connectivity index (χ0n) is 16.1. The van der Waals surface area contributed by atoms with Crippen molar-refractivity contribution in [1.82, 2.24) is 20.0 Å². The van der Waals surface area contributed by atoms with E-state index in [-0.39, 0.29) is 30.5 Å². The van der Waals surface area contributed by atoms with Crippen molar-refractivity contribution < 1.29 is 9.59 Å². The molecule has 7 nitrogen and oxygen atoms in total. The Morgan fingerprint density at radius 3 is 2.14 bits per heavy atom. The average Bonchev–Trinajstić information content (AvgIpc) is 3.01. The van der Waals surface area contributed by atoms with Crippen molar-refractivity contribution in [2.24, 2.45) is 0 Å². The maximum Gasteiger partial charge on any atom is 0.329 e. The monoisotopic (exact) mass is 380 g/mol. The minimum Gasteiger partial charge on any atom is -0.292 e. The molecule has 0 bridgehead atoms. The number of hydrogen-bond acceptors (Lipinski definition) is 3. The number of nitrogens with zero attached hydrogens (tertiary/aromatic N) is 2. The van der Waals surface area contributed by atoms with Crippen LogP contribution in [0.1, 0.15) is 36.2 Å². The van der Waals surface area contributed by atoms with E-state index in [9.17, 15) is 14.4 Å². The van der Waals surface area contributed by atoms with E-state index in [0.717, 1.165) is 23.0 Å². The molecule has 0 unspecified atom stereocenters. The normalized spacial score (nSPS) is 10.8. The van der Waals surface area contributed by atoms with E-state index in [0.29, 0.717) is 12.1 Å². The number of aromatic nitrogens is 2. The number of fused-ring (bicyclic) bond motifs is 1. The van der Waals surface area contributed by atoms with Gasteiger partial charge in [0.05, 0.1) is 11.0 Å². The number of para-hydroxylation sites is 2. The first kappa shape index (κ1) is 19.4. The Labute approximate surface area is 162 Å². The lowest BCUT2D eigenvalue weighted by Crippen LogP contribution is -2.42. The fourth-order valence-corrected chi connectivity index (χ4v) is 3.16. The fourth-order valence-electron chi connectivity index (χ4n) is 3.16. The number of hydrogen-bond donors (Lipinski definition) is 2. The summed E-state index contributed by atoms with van der Waals surface area (Å²) in [4.78, 5) is 36.8. The second kappa shape index (κ2) is 8.56. The molecule has 0 spiro atoms. The molecule has 2 N–H and O–H groups in total. The highest BCUT2D eigenvalue weighted by atomic mass is 16.2. The Kier molecular flexibility index (Phi) is 5.93. The molecule has 7 heteroatoms. The lowest BCUT2D eigenvalue weighted by atomic mass is 10.1. The van der Waals surface area contributed by atoms with E-state index in [1.54, 1.807) is 21.3 Å². The Bertz CT molecular complexity index is 1050. The van der Waals surface area contributed by atoms with Gasteiger partial charge >= 0.3 is 5.69 Å². The van der Waals surface area contributed by atoms with Gasteiger partial charge in [-0.2, -0.15) is 0 Å². The van der Waals surface area contributed by atoms with Gasteiger partial charge in [-0.1, -0.05) is 31.2 Å². The van der Waals surface area contributed by atoms with Crippen molar-refractivity contribution in [2.45, 2.75) is 39.8 Å². The largest absolute Gasteiger partial charge is 0.329 e. The first-order valence-electron chi connectivity index (χ1n) is 9.41. The molecule has 146 valence electrons. The minimum atomic E-state index is -0.379. The summed E-state index contributed by atoms with van der Waals surface area (Å²) in [6.45, 7) is 4.75. The van der Waals surface area contributed by atoms with Crippen LogP contribution in [0, 0.1) is 0 Å². The smallest absolute Gasteiger partial charge is 0.292 e. The van der Waals surface area contributed by atoms with E-state index < -0.39 is 0 Å². The Morgan fingerprint density at radius 1 is 0.893 bits per heavy atom. The maximum atomic E-state index is 12.6. The number of benzene rings is 2. The van der Waals surface area contributed by atoms with Crippen molar-refractivity contribution in [3.05, 3.63) is 70.1 Å². The summed E-state index contributed by atoms with van der Waals surface area (Å²) in [5.74, 6) is -0.741. The molecular formula is C21H24N4O3. The molecule has 28 heavy (non-hydrogen) atoms. The number of aryl methyl sites for hydroxylation is 3. The molecule has 2 amide bonds. The minimum absolute atomic E-state index is 0.0761. The van der Waals surface area contributed by atoms with Gasteiger partial charge < -0.3 is 0 Å². The third kappa shape index (κ3) is 3.98. The SMILES string of the molecule is CCc1ccc(C(=O)NNC(=O)CCn2c(=O)n(CC)c3ccccc32)cc1. The Hall–Kier alpha value is -3.35. The number of hydrazine groups is 1. The van der Waals surface area contributed by atoms with Gasteiger partial charge in [0, 0.05) is 25.1 Å². The van der Waals surface area contributed by atoms with E-state index in [1.807, 2.05) is 50.2 Å². The number of imidazole rings is 1. The number of amides is 2. The van der Waals surface area contributed by atoms with Crippen LogP contribution in [0.3, 0.4) is 0 Å². The maximum absolute atomic E-state index is 12.6. The van der Waals surface area contributed by atoms with Crippen molar-refractivity contribution in [3.63, 3.8) is 0 Å². The Morgan fingerprint density at radius 2 is 1.54 bits per heavy atom. The van der Waals surface area contributed by atoms with Crippen LogP contribution in [0.2, 0.25) is 0 Å². The zero-order chi connectivity index (χ0) is 20.1. The lowest BCUT2D eigenvalue weighted by molar-refractivity contribution is -0.122. The molecule has 0 saturated carbocycles. The van der Waals surface area contributed by atoms with Gasteiger partial charge in [0.2, 0.25) is 5.91 Å². The predicted molar refractivity (Wildman–Crippen MR) is 108 cm³/mol. The van der Waals surface area contributed by atoms with Crippen molar-refractivity contribution in [2.75, 3.05) is 0 Å². The van der Waals surface area contributed by atoms with Crippen LogP contribution < -0.4 is 16.5 Å². The number of rotatable bonds is 6. The number of nitrogens with one attached hydrogen (secondary N) is 2. The highest BCUT2D eigenvalue weighted by molar-refractivity contribution is 5.95. The van der Waals surface area contributed by atoms with Crippen LogP contribution in [0.5, 0.6) is 0 Å². The van der Waals surface area contributed by atoms with E-state index in [2.05, 4.69) is 10.9 Å². The van der Waals surface area contributed by atoms with Crippen LogP contribution in [-0.4, -0.2) is 20.9 Å². The van der Waals surface area contributed by atoms with Gasteiger partial charge in [-0.05, 0) is 43.2 Å². The highest BCUT2D eigenvalue weighted by Crippen LogP contribution is 2.13. The first-order chi connectivity index (χ1) is 13.5. The summed E-state index contributed by atoms with van der Waals surface area (Å²) in [6.07, 6.45) is 0.971. The molecule has 1 heterocycles. The van der Waals surface area contributed by atoms with Crippen LogP contribution in [0.4, 0.5) is 0 Å². The highest BCUT2D eigenvalue weighted by Gasteiger charge is 2.13. The second-order valence-corrected chi connectivity index (χ2v) is 6.47. The third-order valence-corrected chi connectivity index (χ3v) is 4.74. The van der Waals surface area contributed by atoms with Gasteiger partial charge in [-0.3, -0.25) is 29.6 Å². The van der Waals surface area contributed by atoms with Crippen LogP contribution in [0.25, 0.3) is 11.0 Å². The summed E-state index contributed by atoms with van der Waals surface area (Å²) in [5.41, 5.74) is 7.92. The van der Waals surface area contributed by atoms with Gasteiger partial charge in [-0.15, -0.1) is 0 Å². The molecule has 0 aliphatic carbocycles. The molecule has 1 aromatic heterocycles. The molecule has 0 radical (unpaired) electrons. The second-order valence-electron chi connectivity index (χ2n) is 6.47. The zero-order valence-corrected chi connectivity index (χ0v) is 16.1. The Balaban J connectivity index is 1.60. The molecule has 0 aliphatic heterocycles. The van der Waals surface area contributed by atoms with Gasteiger partial charge in [-0.25, -0.2) is 4.79 Å². The van der Waals surface area contributed by atoms with Crippen molar-refractivity contribution >= 4 is 22.8 Å². The van der Waals surface area contributed by atoms with Crippen molar-refractivity contribution in [3.8, 4) is 0 Å². The molecule has 0 aliphatic rings. The van der Waals surface area contributed by atoms with Crippen molar-refractivity contribution in [1.29, 1.82) is 0 Å². The summed E-state index contributed by atoms with van der Waals surface area (Å²) in [6, 6.07) is 14.7. The molecule has 3 aromatic rings. The molecule has 0 saturated heterocycles. The number of carbonyl (C=O) groups is 2. The molecule has 2 aromatic carbocycles. The molecule has 0 fully saturated rings. The summed E-state index contributed by atoms with van der Waals surface area (Å²) in [5, 5.41) is 0. The predicted octanol–water partition coefficient (Wildman–Crippen LogP) is 2.24. The summed E-state index contributed by atoms with van der Waals surface area (Å²) < 4.78 is 3.26. The van der Waals surface area contributed by atoms with E-state index in [1.165, 1.54) is 0 Å². The van der Waals surface area contributed by atoms with Gasteiger partial charge in [0.15, 0.2) is 0 Å².